The van der Waals surface area contributed by atoms with Crippen molar-refractivity contribution in [2.75, 3.05) is 20.3 Å². The molecule has 1 amide bonds. The predicted molar refractivity (Wildman–Crippen MR) is 82.5 cm³/mol. The molecule has 134 valence electrons. The number of rotatable bonds is 4. The van der Waals surface area contributed by atoms with E-state index >= 15 is 0 Å². The zero-order valence-electron chi connectivity index (χ0n) is 13.7. The summed E-state index contributed by atoms with van der Waals surface area (Å²) in [5.41, 5.74) is -0.488. The monoisotopic (exact) mass is 354 g/mol. The van der Waals surface area contributed by atoms with E-state index in [9.17, 15) is 18.0 Å². The lowest BCUT2D eigenvalue weighted by Gasteiger charge is -2.32. The van der Waals surface area contributed by atoms with Crippen molar-refractivity contribution in [3.63, 3.8) is 0 Å². The maximum Gasteiger partial charge on any atom is 0.416 e. The van der Waals surface area contributed by atoms with Crippen molar-refractivity contribution in [1.29, 1.82) is 0 Å². The summed E-state index contributed by atoms with van der Waals surface area (Å²) in [5.74, 6) is 0.654. The second-order valence-corrected chi connectivity index (χ2v) is 5.82. The highest BCUT2D eigenvalue weighted by Gasteiger charge is 2.34. The molecule has 25 heavy (non-hydrogen) atoms. The van der Waals surface area contributed by atoms with E-state index in [1.54, 1.807) is 23.5 Å². The molecule has 0 aliphatic carbocycles. The number of benzene rings is 1. The van der Waals surface area contributed by atoms with Gasteiger partial charge in [-0.1, -0.05) is 12.1 Å². The van der Waals surface area contributed by atoms with Gasteiger partial charge < -0.3 is 9.64 Å². The molecular formula is C16H17F3N4O2. The Morgan fingerprint density at radius 1 is 1.32 bits per heavy atom. The molecule has 1 aromatic heterocycles. The van der Waals surface area contributed by atoms with Gasteiger partial charge >= 0.3 is 6.18 Å². The Morgan fingerprint density at radius 3 is 2.76 bits per heavy atom. The first-order valence-corrected chi connectivity index (χ1v) is 7.72. The zero-order valence-corrected chi connectivity index (χ0v) is 13.7. The Kier molecular flexibility index (Phi) is 4.51. The van der Waals surface area contributed by atoms with Gasteiger partial charge in [0.25, 0.3) is 0 Å². The third-order valence-electron chi connectivity index (χ3n) is 4.17. The number of fused-ring (bicyclic) bond motifs is 1. The third kappa shape index (κ3) is 3.23. The molecule has 0 N–H and O–H groups in total. The summed E-state index contributed by atoms with van der Waals surface area (Å²) in [4.78, 5) is 14.1. The fraction of sp³-hybridized carbons (Fsp3) is 0.438. The van der Waals surface area contributed by atoms with Crippen molar-refractivity contribution < 1.29 is 22.7 Å². The SMILES string of the molecule is COCCN1Cc2nnc(-c3cccc(C(F)(F)F)c3)n2[C@@H](C)C1=O. The molecule has 0 bridgehead atoms. The van der Waals surface area contributed by atoms with Crippen LogP contribution in [0.5, 0.6) is 0 Å². The first-order chi connectivity index (χ1) is 11.8. The Balaban J connectivity index is 1.98. The van der Waals surface area contributed by atoms with Gasteiger partial charge in [-0.3, -0.25) is 9.36 Å². The molecular weight excluding hydrogens is 337 g/mol. The molecule has 3 rings (SSSR count). The standard InChI is InChI=1S/C16H17F3N4O2/c1-10-15(24)22(6-7-25-2)9-13-20-21-14(23(10)13)11-4-3-5-12(8-11)16(17,18)19/h3-5,8,10H,6-7,9H2,1-2H3/t10-/m0/s1. The minimum atomic E-state index is -4.45. The molecule has 0 saturated carbocycles. The quantitative estimate of drug-likeness (QED) is 0.847. The third-order valence-corrected chi connectivity index (χ3v) is 4.17. The van der Waals surface area contributed by atoms with Crippen LogP contribution in [0.1, 0.15) is 24.4 Å². The number of aromatic nitrogens is 3. The highest BCUT2D eigenvalue weighted by Crippen LogP contribution is 2.33. The van der Waals surface area contributed by atoms with Gasteiger partial charge in [0.05, 0.1) is 18.7 Å². The van der Waals surface area contributed by atoms with Gasteiger partial charge in [0, 0.05) is 19.2 Å². The van der Waals surface area contributed by atoms with Crippen LogP contribution in [0.3, 0.4) is 0 Å². The second-order valence-electron chi connectivity index (χ2n) is 5.82. The molecule has 0 fully saturated rings. The summed E-state index contributed by atoms with van der Waals surface area (Å²) in [6, 6.07) is 4.27. The average molecular weight is 354 g/mol. The smallest absolute Gasteiger partial charge is 0.383 e. The van der Waals surface area contributed by atoms with Crippen molar-refractivity contribution in [1.82, 2.24) is 19.7 Å². The van der Waals surface area contributed by atoms with Crippen molar-refractivity contribution in [3.8, 4) is 11.4 Å². The van der Waals surface area contributed by atoms with Crippen LogP contribution in [0.4, 0.5) is 13.2 Å². The summed E-state index contributed by atoms with van der Waals surface area (Å²) >= 11 is 0. The number of amides is 1. The lowest BCUT2D eigenvalue weighted by molar-refractivity contribution is -0.138. The first-order valence-electron chi connectivity index (χ1n) is 7.72. The van der Waals surface area contributed by atoms with Crippen molar-refractivity contribution >= 4 is 5.91 Å². The van der Waals surface area contributed by atoms with Crippen molar-refractivity contribution in [3.05, 3.63) is 35.7 Å². The van der Waals surface area contributed by atoms with Gasteiger partial charge in [-0.05, 0) is 19.1 Å². The fourth-order valence-electron chi connectivity index (χ4n) is 2.88. The maximum absolute atomic E-state index is 12.9. The van der Waals surface area contributed by atoms with Gasteiger partial charge in [0.1, 0.15) is 6.04 Å². The predicted octanol–water partition coefficient (Wildman–Crippen LogP) is 2.51. The normalized spacial score (nSPS) is 17.7. The van der Waals surface area contributed by atoms with Crippen LogP contribution < -0.4 is 0 Å². The fourth-order valence-corrected chi connectivity index (χ4v) is 2.88. The number of hydrogen-bond acceptors (Lipinski definition) is 4. The highest BCUT2D eigenvalue weighted by molar-refractivity contribution is 5.82. The largest absolute Gasteiger partial charge is 0.416 e. The molecule has 1 aliphatic rings. The van der Waals surface area contributed by atoms with E-state index in [2.05, 4.69) is 10.2 Å². The first kappa shape index (κ1) is 17.4. The van der Waals surface area contributed by atoms with Crippen LogP contribution in [0.25, 0.3) is 11.4 Å². The Morgan fingerprint density at radius 2 is 2.08 bits per heavy atom. The number of methoxy groups -OCH3 is 1. The number of alkyl halides is 3. The number of carbonyl (C=O) groups is 1. The number of nitrogens with zero attached hydrogens (tertiary/aromatic N) is 4. The minimum Gasteiger partial charge on any atom is -0.383 e. The summed E-state index contributed by atoms with van der Waals surface area (Å²) in [7, 11) is 1.55. The molecule has 0 saturated heterocycles. The summed E-state index contributed by atoms with van der Waals surface area (Å²) in [6.45, 7) is 2.75. The van der Waals surface area contributed by atoms with E-state index in [0.717, 1.165) is 12.1 Å². The van der Waals surface area contributed by atoms with E-state index in [-0.39, 0.29) is 23.8 Å². The molecule has 2 aromatic rings. The number of hydrogen-bond donors (Lipinski definition) is 0. The van der Waals surface area contributed by atoms with E-state index in [1.165, 1.54) is 12.1 Å². The number of ether oxygens (including phenoxy) is 1. The van der Waals surface area contributed by atoms with Crippen molar-refractivity contribution in [2.45, 2.75) is 25.7 Å². The van der Waals surface area contributed by atoms with Gasteiger partial charge in [0.2, 0.25) is 5.91 Å². The van der Waals surface area contributed by atoms with Crippen LogP contribution in [-0.2, 0) is 22.3 Å². The van der Waals surface area contributed by atoms with Crippen LogP contribution in [0, 0.1) is 0 Å². The van der Waals surface area contributed by atoms with Gasteiger partial charge in [-0.2, -0.15) is 13.2 Å². The van der Waals surface area contributed by atoms with Crippen LogP contribution in [0.15, 0.2) is 24.3 Å². The average Bonchev–Trinajstić information content (AvgIpc) is 3.00. The summed E-state index contributed by atoms with van der Waals surface area (Å²) in [6.07, 6.45) is -4.45. The summed E-state index contributed by atoms with van der Waals surface area (Å²) < 4.78 is 45.4. The van der Waals surface area contributed by atoms with E-state index in [1.807, 2.05) is 0 Å². The minimum absolute atomic E-state index is 0.141. The van der Waals surface area contributed by atoms with Crippen LogP contribution in [-0.4, -0.2) is 45.8 Å². The highest BCUT2D eigenvalue weighted by atomic mass is 19.4. The Hall–Kier alpha value is -2.42. The van der Waals surface area contributed by atoms with Crippen molar-refractivity contribution in [2.24, 2.45) is 0 Å². The molecule has 1 atom stereocenters. The molecule has 1 aliphatic heterocycles. The molecule has 1 aromatic carbocycles. The molecule has 6 nitrogen and oxygen atoms in total. The molecule has 0 unspecified atom stereocenters. The lowest BCUT2D eigenvalue weighted by atomic mass is 10.1. The summed E-state index contributed by atoms with van der Waals surface area (Å²) in [5, 5.41) is 8.09. The van der Waals surface area contributed by atoms with E-state index in [0.29, 0.717) is 19.0 Å². The number of carbonyl (C=O) groups excluding carboxylic acids is 1. The molecule has 9 heteroatoms. The van der Waals surface area contributed by atoms with Gasteiger partial charge in [0.15, 0.2) is 11.6 Å². The van der Waals surface area contributed by atoms with E-state index in [4.69, 9.17) is 4.74 Å². The molecule has 0 radical (unpaired) electrons. The molecule has 2 heterocycles. The van der Waals surface area contributed by atoms with Crippen LogP contribution >= 0.6 is 0 Å². The van der Waals surface area contributed by atoms with Gasteiger partial charge in [-0.25, -0.2) is 0 Å². The molecule has 0 spiro atoms. The second kappa shape index (κ2) is 6.47. The van der Waals surface area contributed by atoms with Gasteiger partial charge in [-0.15, -0.1) is 10.2 Å². The zero-order chi connectivity index (χ0) is 18.2. The Bertz CT molecular complexity index is 788. The lowest BCUT2D eigenvalue weighted by Crippen LogP contribution is -2.43. The topological polar surface area (TPSA) is 60.2 Å². The Labute approximate surface area is 142 Å². The number of halogens is 3. The maximum atomic E-state index is 12.9. The van der Waals surface area contributed by atoms with E-state index < -0.39 is 17.8 Å². The van der Waals surface area contributed by atoms with Crippen LogP contribution in [0.2, 0.25) is 0 Å².